The molecule has 0 saturated carbocycles. The summed E-state index contributed by atoms with van der Waals surface area (Å²) in [4.78, 5) is 0.921. The largest absolute Gasteiger partial charge is 0.457 e. The molecule has 1 heterocycles. The Morgan fingerprint density at radius 2 is 1.45 bits per heavy atom. The number of benzene rings is 3. The van der Waals surface area contributed by atoms with Gasteiger partial charge in [0.25, 0.3) is 20.2 Å². The van der Waals surface area contributed by atoms with Crippen molar-refractivity contribution in [3.63, 3.8) is 0 Å². The van der Waals surface area contributed by atoms with Gasteiger partial charge in [0, 0.05) is 60.2 Å². The lowest BCUT2D eigenvalue weighted by Gasteiger charge is -2.31. The number of rotatable bonds is 10. The van der Waals surface area contributed by atoms with E-state index in [-0.39, 0.29) is 5.56 Å². The fourth-order valence-electron chi connectivity index (χ4n) is 4.77. The van der Waals surface area contributed by atoms with Crippen molar-refractivity contribution in [3.8, 4) is 11.5 Å². The molecule has 0 saturated heterocycles. The highest BCUT2D eigenvalue weighted by atomic mass is 32.2. The van der Waals surface area contributed by atoms with E-state index in [4.69, 9.17) is 4.74 Å². The number of fused-ring (bicyclic) bond motifs is 2. The van der Waals surface area contributed by atoms with Crippen molar-refractivity contribution in [2.24, 2.45) is 0 Å². The van der Waals surface area contributed by atoms with Crippen molar-refractivity contribution in [2.45, 2.75) is 49.3 Å². The van der Waals surface area contributed by atoms with Crippen molar-refractivity contribution in [3.05, 3.63) is 71.3 Å². The van der Waals surface area contributed by atoms with Crippen LogP contribution in [-0.2, 0) is 20.2 Å². The number of hydrogen-bond donors (Lipinski definition) is 3. The summed E-state index contributed by atoms with van der Waals surface area (Å²) in [7, 11) is -9.57. The van der Waals surface area contributed by atoms with Crippen LogP contribution in [0.2, 0.25) is 0 Å². The molecule has 0 aliphatic carbocycles. The number of nitrogens with zero attached hydrogens (tertiary/aromatic N) is 1. The van der Waals surface area contributed by atoms with Gasteiger partial charge in [0.05, 0.1) is 9.79 Å². The number of hydrogen-bond acceptors (Lipinski definition) is 7. The van der Waals surface area contributed by atoms with E-state index in [1.165, 1.54) is 6.07 Å². The molecular formula is C27H32N2O7S2. The average Bonchev–Trinajstić information content (AvgIpc) is 2.86. The SMILES string of the molecule is CCCCNc1ccc2c(c1)Oc1cc(N(CC)CC)ccc1C2c1ccc(S(=O)(=O)O)cc1S(=O)(=O)O. The van der Waals surface area contributed by atoms with Crippen LogP contribution in [0.3, 0.4) is 0 Å². The van der Waals surface area contributed by atoms with Gasteiger partial charge in [-0.1, -0.05) is 31.5 Å². The molecule has 3 N–H and O–H groups in total. The highest BCUT2D eigenvalue weighted by Crippen LogP contribution is 2.50. The van der Waals surface area contributed by atoms with Crippen molar-refractivity contribution in [1.82, 2.24) is 0 Å². The Morgan fingerprint density at radius 3 is 2.05 bits per heavy atom. The molecular weight excluding hydrogens is 528 g/mol. The van der Waals surface area contributed by atoms with E-state index in [1.54, 1.807) is 0 Å². The second kappa shape index (κ2) is 10.9. The molecule has 0 fully saturated rings. The van der Waals surface area contributed by atoms with Crippen molar-refractivity contribution in [2.75, 3.05) is 29.9 Å². The van der Waals surface area contributed by atoms with Crippen molar-refractivity contribution in [1.29, 1.82) is 0 Å². The van der Waals surface area contributed by atoms with E-state index in [2.05, 4.69) is 17.1 Å². The maximum Gasteiger partial charge on any atom is 0.294 e. The van der Waals surface area contributed by atoms with E-state index in [9.17, 15) is 25.9 Å². The maximum absolute atomic E-state index is 12.5. The number of unbranched alkanes of at least 4 members (excludes halogenated alkanes) is 1. The van der Waals surface area contributed by atoms with Crippen LogP contribution in [0.4, 0.5) is 11.4 Å². The summed E-state index contributed by atoms with van der Waals surface area (Å²) < 4.78 is 74.3. The lowest BCUT2D eigenvalue weighted by molar-refractivity contribution is 0.450. The van der Waals surface area contributed by atoms with Gasteiger partial charge in [-0.25, -0.2) is 0 Å². The first-order chi connectivity index (χ1) is 18.0. The first-order valence-electron chi connectivity index (χ1n) is 12.5. The molecule has 0 aromatic heterocycles. The quantitative estimate of drug-likeness (QED) is 0.169. The lowest BCUT2D eigenvalue weighted by atomic mass is 9.82. The second-order valence-electron chi connectivity index (χ2n) is 9.11. The smallest absolute Gasteiger partial charge is 0.294 e. The Morgan fingerprint density at radius 1 is 0.816 bits per heavy atom. The Kier molecular flexibility index (Phi) is 8.03. The van der Waals surface area contributed by atoms with Gasteiger partial charge < -0.3 is 15.0 Å². The molecule has 1 unspecified atom stereocenters. The van der Waals surface area contributed by atoms with Crippen LogP contribution in [-0.4, -0.2) is 45.6 Å². The Labute approximate surface area is 224 Å². The van der Waals surface area contributed by atoms with Gasteiger partial charge >= 0.3 is 0 Å². The monoisotopic (exact) mass is 560 g/mol. The molecule has 0 bridgehead atoms. The number of anilines is 2. The molecule has 0 radical (unpaired) electrons. The van der Waals surface area contributed by atoms with Crippen molar-refractivity contribution >= 4 is 31.6 Å². The molecule has 204 valence electrons. The summed E-state index contributed by atoms with van der Waals surface area (Å²) >= 11 is 0. The maximum atomic E-state index is 12.5. The minimum Gasteiger partial charge on any atom is -0.457 e. The van der Waals surface area contributed by atoms with E-state index in [0.29, 0.717) is 22.6 Å². The van der Waals surface area contributed by atoms with E-state index >= 15 is 0 Å². The fourth-order valence-corrected chi connectivity index (χ4v) is 6.12. The summed E-state index contributed by atoms with van der Waals surface area (Å²) in [6, 6.07) is 14.4. The summed E-state index contributed by atoms with van der Waals surface area (Å²) in [5.74, 6) is 0.343. The molecule has 3 aromatic rings. The van der Waals surface area contributed by atoms with Gasteiger partial charge in [0.1, 0.15) is 11.5 Å². The molecule has 11 heteroatoms. The zero-order chi connectivity index (χ0) is 27.7. The minimum atomic E-state index is -4.86. The van der Waals surface area contributed by atoms with Crippen LogP contribution < -0.4 is 15.0 Å². The summed E-state index contributed by atoms with van der Waals surface area (Å²) in [6.45, 7) is 8.55. The average molecular weight is 561 g/mol. The van der Waals surface area contributed by atoms with Crippen LogP contribution in [0.15, 0.2) is 64.4 Å². The van der Waals surface area contributed by atoms with E-state index in [1.807, 2.05) is 50.2 Å². The molecule has 1 aliphatic rings. The summed E-state index contributed by atoms with van der Waals surface area (Å²) in [5, 5.41) is 3.36. The predicted octanol–water partition coefficient (Wildman–Crippen LogP) is 5.52. The van der Waals surface area contributed by atoms with Gasteiger partial charge in [-0.3, -0.25) is 9.11 Å². The topological polar surface area (TPSA) is 133 Å². The van der Waals surface area contributed by atoms with Gasteiger partial charge in [0.15, 0.2) is 0 Å². The Bertz CT molecular complexity index is 1550. The first kappa shape index (κ1) is 27.9. The molecule has 1 aliphatic heterocycles. The van der Waals surface area contributed by atoms with Crippen LogP contribution in [0.5, 0.6) is 11.5 Å². The Hall–Kier alpha value is -3.12. The third kappa shape index (κ3) is 5.65. The van der Waals surface area contributed by atoms with Crippen LogP contribution in [0, 0.1) is 0 Å². The van der Waals surface area contributed by atoms with Gasteiger partial charge in [-0.15, -0.1) is 0 Å². The third-order valence-corrected chi connectivity index (χ3v) is 8.47. The molecule has 1 atom stereocenters. The van der Waals surface area contributed by atoms with E-state index in [0.717, 1.165) is 56.0 Å². The summed E-state index contributed by atoms with van der Waals surface area (Å²) in [5.41, 5.74) is 3.25. The molecule has 0 amide bonds. The highest BCUT2D eigenvalue weighted by molar-refractivity contribution is 7.86. The predicted molar refractivity (Wildman–Crippen MR) is 147 cm³/mol. The molecule has 3 aromatic carbocycles. The first-order valence-corrected chi connectivity index (χ1v) is 15.4. The standard InChI is InChI=1S/C27H32N2O7S2/c1-4-7-14-28-18-8-11-21-24(15-18)36-25-16-19(29(5-2)6-3)9-12-22(25)27(21)23-13-10-20(37(30,31)32)17-26(23)38(33,34)35/h8-13,15-17,27-28H,4-7,14H2,1-3H3,(H,30,31,32)(H,33,34,35). The molecule has 0 spiro atoms. The van der Waals surface area contributed by atoms with Gasteiger partial charge in [-0.05, 0) is 50.1 Å². The van der Waals surface area contributed by atoms with Crippen LogP contribution in [0.1, 0.15) is 56.2 Å². The molecule has 9 nitrogen and oxygen atoms in total. The van der Waals surface area contributed by atoms with Gasteiger partial charge in [0.2, 0.25) is 0 Å². The molecule has 4 rings (SSSR count). The second-order valence-corrected chi connectivity index (χ2v) is 11.9. The van der Waals surface area contributed by atoms with Crippen molar-refractivity contribution < 1.29 is 30.7 Å². The summed E-state index contributed by atoms with van der Waals surface area (Å²) in [6.07, 6.45) is 2.03. The lowest BCUT2D eigenvalue weighted by Crippen LogP contribution is -2.22. The number of ether oxygens (including phenoxy) is 1. The van der Waals surface area contributed by atoms with Gasteiger partial charge in [-0.2, -0.15) is 16.8 Å². The zero-order valence-electron chi connectivity index (χ0n) is 21.5. The normalized spacial score (nSPS) is 14.8. The fraction of sp³-hybridized carbons (Fsp3) is 0.333. The minimum absolute atomic E-state index is 0.160. The van der Waals surface area contributed by atoms with E-state index < -0.39 is 35.9 Å². The molecule has 38 heavy (non-hydrogen) atoms. The highest BCUT2D eigenvalue weighted by Gasteiger charge is 2.34. The van der Waals surface area contributed by atoms with Crippen LogP contribution in [0.25, 0.3) is 0 Å². The van der Waals surface area contributed by atoms with Crippen LogP contribution >= 0.6 is 0 Å². The zero-order valence-corrected chi connectivity index (χ0v) is 23.1. The Balaban J connectivity index is 1.95. The number of nitrogens with one attached hydrogen (secondary N) is 1. The third-order valence-electron chi connectivity index (χ3n) is 6.71.